The Morgan fingerprint density at radius 3 is 2.32 bits per heavy atom. The molecule has 0 radical (unpaired) electrons. The van der Waals surface area contributed by atoms with Gasteiger partial charge < -0.3 is 9.47 Å². The maximum absolute atomic E-state index is 12.0. The quantitative estimate of drug-likeness (QED) is 0.613. The van der Waals surface area contributed by atoms with E-state index in [1.807, 2.05) is 0 Å². The summed E-state index contributed by atoms with van der Waals surface area (Å²) in [6.07, 6.45) is -0.0864. The molecule has 0 N–H and O–H groups in total. The number of ketones is 1. The summed E-state index contributed by atoms with van der Waals surface area (Å²) in [6, 6.07) is 4.30. The van der Waals surface area contributed by atoms with Crippen molar-refractivity contribution < 1.29 is 23.9 Å². The van der Waals surface area contributed by atoms with Crippen LogP contribution < -0.4 is 0 Å². The van der Waals surface area contributed by atoms with Crippen molar-refractivity contribution in [2.45, 2.75) is 12.8 Å². The molecule has 1 rings (SSSR count). The summed E-state index contributed by atoms with van der Waals surface area (Å²) in [5.41, 5.74) is 0.269. The van der Waals surface area contributed by atoms with E-state index >= 15 is 0 Å². The molecule has 0 fully saturated rings. The number of benzene rings is 1. The van der Waals surface area contributed by atoms with E-state index in [0.717, 1.165) is 0 Å². The molecule has 0 heterocycles. The van der Waals surface area contributed by atoms with Gasteiger partial charge in [0.2, 0.25) is 0 Å². The van der Waals surface area contributed by atoms with Gasteiger partial charge in [-0.15, -0.1) is 0 Å². The number of methoxy groups -OCH3 is 2. The van der Waals surface area contributed by atoms with Crippen LogP contribution >= 0.6 is 11.6 Å². The van der Waals surface area contributed by atoms with Crippen LogP contribution in [0.15, 0.2) is 18.2 Å². The first kappa shape index (κ1) is 15.2. The minimum atomic E-state index is -0.649. The first-order chi connectivity index (χ1) is 8.99. The van der Waals surface area contributed by atoms with Gasteiger partial charge in [0.25, 0.3) is 0 Å². The van der Waals surface area contributed by atoms with Crippen LogP contribution in [0.4, 0.5) is 0 Å². The Morgan fingerprint density at radius 2 is 1.74 bits per heavy atom. The molecular weight excluding hydrogens is 272 g/mol. The van der Waals surface area contributed by atoms with Crippen molar-refractivity contribution in [1.29, 1.82) is 0 Å². The molecule has 19 heavy (non-hydrogen) atoms. The van der Waals surface area contributed by atoms with Crippen LogP contribution in [0.3, 0.4) is 0 Å². The summed E-state index contributed by atoms with van der Waals surface area (Å²) < 4.78 is 9.04. The first-order valence-corrected chi connectivity index (χ1v) is 5.85. The van der Waals surface area contributed by atoms with Crippen molar-refractivity contribution in [1.82, 2.24) is 0 Å². The van der Waals surface area contributed by atoms with Crippen molar-refractivity contribution in [2.75, 3.05) is 14.2 Å². The number of halogens is 1. The molecule has 0 atom stereocenters. The highest BCUT2D eigenvalue weighted by Crippen LogP contribution is 2.19. The highest BCUT2D eigenvalue weighted by atomic mass is 35.5. The average molecular weight is 285 g/mol. The molecular formula is C13H13ClO5. The zero-order valence-electron chi connectivity index (χ0n) is 10.6. The Morgan fingerprint density at radius 1 is 1.05 bits per heavy atom. The number of hydrogen-bond donors (Lipinski definition) is 0. The fourth-order valence-electron chi connectivity index (χ4n) is 1.49. The van der Waals surface area contributed by atoms with Crippen molar-refractivity contribution in [2.24, 2.45) is 0 Å². The molecule has 0 amide bonds. The summed E-state index contributed by atoms with van der Waals surface area (Å²) in [4.78, 5) is 34.5. The predicted octanol–water partition coefficient (Wildman–Crippen LogP) is 2.26. The molecule has 0 saturated heterocycles. The van der Waals surface area contributed by atoms with E-state index in [1.165, 1.54) is 32.4 Å². The van der Waals surface area contributed by atoms with Gasteiger partial charge in [0.05, 0.1) is 26.2 Å². The third-order valence-electron chi connectivity index (χ3n) is 2.47. The number of carbonyl (C=O) groups is 3. The monoisotopic (exact) mass is 284 g/mol. The van der Waals surface area contributed by atoms with Gasteiger partial charge in [0.1, 0.15) is 0 Å². The maximum atomic E-state index is 12.0. The molecule has 0 aliphatic carbocycles. The van der Waals surface area contributed by atoms with Crippen LogP contribution in [-0.4, -0.2) is 31.9 Å². The van der Waals surface area contributed by atoms with Crippen LogP contribution in [0.25, 0.3) is 0 Å². The molecule has 1 aromatic carbocycles. The molecule has 0 aromatic heterocycles. The van der Waals surface area contributed by atoms with E-state index in [9.17, 15) is 14.4 Å². The lowest BCUT2D eigenvalue weighted by atomic mass is 10.0. The summed E-state index contributed by atoms with van der Waals surface area (Å²) in [5.74, 6) is -1.48. The highest BCUT2D eigenvalue weighted by Gasteiger charge is 2.18. The third-order valence-corrected chi connectivity index (χ3v) is 2.71. The van der Waals surface area contributed by atoms with Gasteiger partial charge in [-0.05, 0) is 18.2 Å². The Kier molecular flexibility index (Phi) is 5.51. The van der Waals surface area contributed by atoms with Gasteiger partial charge in [-0.1, -0.05) is 11.6 Å². The highest BCUT2D eigenvalue weighted by molar-refractivity contribution is 6.31. The van der Waals surface area contributed by atoms with E-state index in [0.29, 0.717) is 5.02 Å². The summed E-state index contributed by atoms with van der Waals surface area (Å²) >= 11 is 5.78. The first-order valence-electron chi connectivity index (χ1n) is 5.47. The number of rotatable bonds is 5. The second kappa shape index (κ2) is 6.89. The summed E-state index contributed by atoms with van der Waals surface area (Å²) in [6.45, 7) is 0. The maximum Gasteiger partial charge on any atom is 0.338 e. The van der Waals surface area contributed by atoms with Gasteiger partial charge in [-0.2, -0.15) is 0 Å². The molecule has 0 aliphatic heterocycles. The van der Waals surface area contributed by atoms with Crippen LogP contribution in [0.5, 0.6) is 0 Å². The van der Waals surface area contributed by atoms with E-state index < -0.39 is 11.9 Å². The fraction of sp³-hybridized carbons (Fsp3) is 0.308. The van der Waals surface area contributed by atoms with Crippen molar-refractivity contribution in [3.8, 4) is 0 Å². The standard InChI is InChI=1S/C13H13ClO5/c1-18-12(16)6-5-11(15)9-4-3-8(14)7-10(9)13(17)19-2/h3-4,7H,5-6H2,1-2H3. The van der Waals surface area contributed by atoms with E-state index in [-0.39, 0.29) is 29.8 Å². The second-order valence-corrected chi connectivity index (χ2v) is 4.12. The predicted molar refractivity (Wildman–Crippen MR) is 68.4 cm³/mol. The smallest absolute Gasteiger partial charge is 0.338 e. The lowest BCUT2D eigenvalue weighted by Gasteiger charge is -2.07. The number of ether oxygens (including phenoxy) is 2. The Hall–Kier alpha value is -1.88. The molecule has 0 aliphatic rings. The van der Waals surface area contributed by atoms with Crippen molar-refractivity contribution >= 4 is 29.3 Å². The van der Waals surface area contributed by atoms with Crippen LogP contribution in [0, 0.1) is 0 Å². The van der Waals surface area contributed by atoms with Crippen LogP contribution in [0.2, 0.25) is 5.02 Å². The van der Waals surface area contributed by atoms with E-state index in [4.69, 9.17) is 11.6 Å². The second-order valence-electron chi connectivity index (χ2n) is 3.68. The molecule has 0 bridgehead atoms. The van der Waals surface area contributed by atoms with Gasteiger partial charge in [-0.3, -0.25) is 9.59 Å². The molecule has 0 unspecified atom stereocenters. The fourth-order valence-corrected chi connectivity index (χ4v) is 1.66. The topological polar surface area (TPSA) is 69.7 Å². The van der Waals surface area contributed by atoms with Crippen LogP contribution in [-0.2, 0) is 14.3 Å². The third kappa shape index (κ3) is 4.06. The Labute approximate surface area is 115 Å². The molecule has 0 spiro atoms. The molecule has 1 aromatic rings. The number of Topliss-reactive ketones (excluding diaryl/α,β-unsaturated/α-hetero) is 1. The number of hydrogen-bond acceptors (Lipinski definition) is 5. The van der Waals surface area contributed by atoms with Crippen molar-refractivity contribution in [3.05, 3.63) is 34.3 Å². The molecule has 0 saturated carbocycles. The van der Waals surface area contributed by atoms with Gasteiger partial charge in [-0.25, -0.2) is 4.79 Å². The van der Waals surface area contributed by atoms with Gasteiger partial charge in [0, 0.05) is 17.0 Å². The summed E-state index contributed by atoms with van der Waals surface area (Å²) in [5, 5.41) is 0.324. The summed E-state index contributed by atoms with van der Waals surface area (Å²) in [7, 11) is 2.46. The molecule has 102 valence electrons. The average Bonchev–Trinajstić information content (AvgIpc) is 2.43. The zero-order valence-corrected chi connectivity index (χ0v) is 11.3. The number of esters is 2. The van der Waals surface area contributed by atoms with E-state index in [2.05, 4.69) is 9.47 Å². The normalized spacial score (nSPS) is 9.84. The lowest BCUT2D eigenvalue weighted by Crippen LogP contribution is -2.12. The zero-order chi connectivity index (χ0) is 14.4. The number of carbonyl (C=O) groups excluding carboxylic acids is 3. The lowest BCUT2D eigenvalue weighted by molar-refractivity contribution is -0.140. The van der Waals surface area contributed by atoms with Gasteiger partial charge in [0.15, 0.2) is 5.78 Å². The SMILES string of the molecule is COC(=O)CCC(=O)c1ccc(Cl)cc1C(=O)OC. The minimum Gasteiger partial charge on any atom is -0.469 e. The van der Waals surface area contributed by atoms with E-state index in [1.54, 1.807) is 0 Å². The molecule has 5 nitrogen and oxygen atoms in total. The largest absolute Gasteiger partial charge is 0.469 e. The Bertz CT molecular complexity index is 510. The minimum absolute atomic E-state index is 0.0431. The molecule has 6 heteroatoms. The van der Waals surface area contributed by atoms with Crippen LogP contribution in [0.1, 0.15) is 33.6 Å². The Balaban J connectivity index is 2.96. The van der Waals surface area contributed by atoms with Crippen molar-refractivity contribution in [3.63, 3.8) is 0 Å². The van der Waals surface area contributed by atoms with Gasteiger partial charge >= 0.3 is 11.9 Å².